The maximum absolute atomic E-state index is 12.1. The molecule has 5 nitrogen and oxygen atoms in total. The van der Waals surface area contributed by atoms with Gasteiger partial charge in [-0.25, -0.2) is 4.79 Å². The minimum atomic E-state index is -1.04. The first-order chi connectivity index (χ1) is 8.76. The molecule has 0 bridgehead atoms. The van der Waals surface area contributed by atoms with Crippen LogP contribution in [-0.4, -0.2) is 29.1 Å². The van der Waals surface area contributed by atoms with E-state index in [2.05, 4.69) is 26.6 Å². The van der Waals surface area contributed by atoms with E-state index in [4.69, 9.17) is 5.11 Å². The minimum Gasteiger partial charge on any atom is -0.478 e. The van der Waals surface area contributed by atoms with Crippen molar-refractivity contribution >= 4 is 33.5 Å². The SMILES string of the molecule is CCNC(C)(C)C(=O)Nc1cc(Br)cc(C(=O)O)c1. The Kier molecular flexibility index (Phi) is 5.08. The second-order valence-corrected chi connectivity index (χ2v) is 5.56. The summed E-state index contributed by atoms with van der Waals surface area (Å²) >= 11 is 3.22. The molecule has 1 aromatic carbocycles. The lowest BCUT2D eigenvalue weighted by atomic mass is 10.0. The lowest BCUT2D eigenvalue weighted by molar-refractivity contribution is -0.121. The van der Waals surface area contributed by atoms with Crippen LogP contribution in [-0.2, 0) is 4.79 Å². The Morgan fingerprint density at radius 2 is 1.95 bits per heavy atom. The number of amides is 1. The first kappa shape index (κ1) is 15.7. The van der Waals surface area contributed by atoms with Crippen LogP contribution in [0.25, 0.3) is 0 Å². The van der Waals surface area contributed by atoms with Crippen LogP contribution in [0.4, 0.5) is 5.69 Å². The highest BCUT2D eigenvalue weighted by molar-refractivity contribution is 9.10. The van der Waals surface area contributed by atoms with E-state index in [9.17, 15) is 9.59 Å². The number of rotatable bonds is 5. The number of halogens is 1. The molecule has 1 amide bonds. The number of benzene rings is 1. The molecular formula is C13H17BrN2O3. The third-order valence-corrected chi connectivity index (χ3v) is 3.05. The molecule has 3 N–H and O–H groups in total. The topological polar surface area (TPSA) is 78.4 Å². The predicted molar refractivity (Wildman–Crippen MR) is 77.5 cm³/mol. The Balaban J connectivity index is 2.94. The van der Waals surface area contributed by atoms with Crippen molar-refractivity contribution in [3.63, 3.8) is 0 Å². The van der Waals surface area contributed by atoms with Crippen molar-refractivity contribution in [3.05, 3.63) is 28.2 Å². The zero-order valence-electron chi connectivity index (χ0n) is 11.1. The average Bonchev–Trinajstić information content (AvgIpc) is 2.27. The van der Waals surface area contributed by atoms with Gasteiger partial charge >= 0.3 is 5.97 Å². The summed E-state index contributed by atoms with van der Waals surface area (Å²) in [5, 5.41) is 14.7. The monoisotopic (exact) mass is 328 g/mol. The maximum Gasteiger partial charge on any atom is 0.335 e. The zero-order chi connectivity index (χ0) is 14.6. The normalized spacial score (nSPS) is 11.2. The number of aromatic carboxylic acids is 1. The number of carbonyl (C=O) groups excluding carboxylic acids is 1. The highest BCUT2D eigenvalue weighted by Crippen LogP contribution is 2.20. The summed E-state index contributed by atoms with van der Waals surface area (Å²) in [4.78, 5) is 23.0. The molecule has 0 radical (unpaired) electrons. The van der Waals surface area contributed by atoms with Gasteiger partial charge in [0.2, 0.25) is 5.91 Å². The summed E-state index contributed by atoms with van der Waals surface area (Å²) in [6.07, 6.45) is 0. The molecule has 104 valence electrons. The molecule has 0 aliphatic carbocycles. The van der Waals surface area contributed by atoms with Gasteiger partial charge in [0.15, 0.2) is 0 Å². The molecule has 0 spiro atoms. The smallest absolute Gasteiger partial charge is 0.335 e. The molecule has 0 saturated heterocycles. The van der Waals surface area contributed by atoms with Gasteiger partial charge in [0.05, 0.1) is 11.1 Å². The first-order valence-corrected chi connectivity index (χ1v) is 6.66. The largest absolute Gasteiger partial charge is 0.478 e. The second-order valence-electron chi connectivity index (χ2n) is 4.64. The summed E-state index contributed by atoms with van der Waals surface area (Å²) in [5.41, 5.74) is -0.158. The van der Waals surface area contributed by atoms with Gasteiger partial charge in [-0.3, -0.25) is 4.79 Å². The van der Waals surface area contributed by atoms with Crippen LogP contribution in [0.5, 0.6) is 0 Å². The number of carboxylic acid groups (broad SMARTS) is 1. The van der Waals surface area contributed by atoms with Crippen molar-refractivity contribution in [1.82, 2.24) is 5.32 Å². The van der Waals surface area contributed by atoms with Gasteiger partial charge in [-0.05, 0) is 38.6 Å². The summed E-state index contributed by atoms with van der Waals surface area (Å²) in [5.74, 6) is -1.26. The van der Waals surface area contributed by atoms with Gasteiger partial charge in [-0.15, -0.1) is 0 Å². The summed E-state index contributed by atoms with van der Waals surface area (Å²) in [6.45, 7) is 6.11. The van der Waals surface area contributed by atoms with Gasteiger partial charge in [-0.1, -0.05) is 22.9 Å². The number of carbonyl (C=O) groups is 2. The van der Waals surface area contributed by atoms with E-state index in [-0.39, 0.29) is 11.5 Å². The number of anilines is 1. The standard InChI is InChI=1S/C13H17BrN2O3/c1-4-15-13(2,3)12(19)16-10-6-8(11(17)18)5-9(14)7-10/h5-7,15H,4H2,1-3H3,(H,16,19)(H,17,18). The van der Waals surface area contributed by atoms with Crippen LogP contribution in [0.15, 0.2) is 22.7 Å². The summed E-state index contributed by atoms with van der Waals surface area (Å²) < 4.78 is 0.601. The van der Waals surface area contributed by atoms with Crippen molar-refractivity contribution in [2.24, 2.45) is 0 Å². The highest BCUT2D eigenvalue weighted by atomic mass is 79.9. The molecule has 19 heavy (non-hydrogen) atoms. The fourth-order valence-electron chi connectivity index (χ4n) is 1.59. The predicted octanol–water partition coefficient (Wildman–Crippen LogP) is 2.47. The molecule has 0 heterocycles. The Labute approximate surface area is 120 Å². The molecule has 0 aliphatic heterocycles. The minimum absolute atomic E-state index is 0.117. The Morgan fingerprint density at radius 3 is 2.47 bits per heavy atom. The van der Waals surface area contributed by atoms with Crippen LogP contribution < -0.4 is 10.6 Å². The lowest BCUT2D eigenvalue weighted by Gasteiger charge is -2.24. The van der Waals surface area contributed by atoms with Crippen molar-refractivity contribution in [2.75, 3.05) is 11.9 Å². The number of carboxylic acids is 1. The molecule has 0 saturated carbocycles. The fraction of sp³-hybridized carbons (Fsp3) is 0.385. The van der Waals surface area contributed by atoms with Crippen LogP contribution in [0.1, 0.15) is 31.1 Å². The van der Waals surface area contributed by atoms with E-state index in [0.717, 1.165) is 0 Å². The van der Waals surface area contributed by atoms with E-state index in [1.54, 1.807) is 19.9 Å². The molecule has 0 aliphatic rings. The van der Waals surface area contributed by atoms with Crippen LogP contribution >= 0.6 is 15.9 Å². The van der Waals surface area contributed by atoms with E-state index in [1.807, 2.05) is 6.92 Å². The lowest BCUT2D eigenvalue weighted by Crippen LogP contribution is -2.49. The van der Waals surface area contributed by atoms with Crippen molar-refractivity contribution in [1.29, 1.82) is 0 Å². The molecule has 0 fully saturated rings. The zero-order valence-corrected chi connectivity index (χ0v) is 12.7. The third kappa shape index (κ3) is 4.33. The van der Waals surface area contributed by atoms with Gasteiger partial charge in [0.1, 0.15) is 0 Å². The van der Waals surface area contributed by atoms with Crippen molar-refractivity contribution < 1.29 is 14.7 Å². The molecule has 0 atom stereocenters. The summed E-state index contributed by atoms with van der Waals surface area (Å²) in [7, 11) is 0. The Morgan fingerprint density at radius 1 is 1.32 bits per heavy atom. The van der Waals surface area contributed by atoms with E-state index in [1.165, 1.54) is 12.1 Å². The van der Waals surface area contributed by atoms with Gasteiger partial charge in [0, 0.05) is 10.2 Å². The molecule has 0 unspecified atom stereocenters. The van der Waals surface area contributed by atoms with E-state index in [0.29, 0.717) is 16.7 Å². The molecular weight excluding hydrogens is 312 g/mol. The number of hydrogen-bond donors (Lipinski definition) is 3. The first-order valence-electron chi connectivity index (χ1n) is 5.86. The third-order valence-electron chi connectivity index (χ3n) is 2.59. The van der Waals surface area contributed by atoms with Crippen molar-refractivity contribution in [2.45, 2.75) is 26.3 Å². The molecule has 0 aromatic heterocycles. The molecule has 6 heteroatoms. The second kappa shape index (κ2) is 6.16. The Hall–Kier alpha value is -1.40. The number of hydrogen-bond acceptors (Lipinski definition) is 3. The average molecular weight is 329 g/mol. The van der Waals surface area contributed by atoms with Gasteiger partial charge < -0.3 is 15.7 Å². The van der Waals surface area contributed by atoms with E-state index >= 15 is 0 Å². The fourth-order valence-corrected chi connectivity index (χ4v) is 2.09. The molecule has 1 rings (SSSR count). The highest BCUT2D eigenvalue weighted by Gasteiger charge is 2.26. The van der Waals surface area contributed by atoms with Gasteiger partial charge in [0.25, 0.3) is 0 Å². The van der Waals surface area contributed by atoms with E-state index < -0.39 is 11.5 Å². The van der Waals surface area contributed by atoms with Crippen LogP contribution in [0.2, 0.25) is 0 Å². The number of nitrogens with one attached hydrogen (secondary N) is 2. The van der Waals surface area contributed by atoms with Crippen molar-refractivity contribution in [3.8, 4) is 0 Å². The molecule has 1 aromatic rings. The van der Waals surface area contributed by atoms with Crippen LogP contribution in [0, 0.1) is 0 Å². The number of likely N-dealkylation sites (N-methyl/N-ethyl adjacent to an activating group) is 1. The quantitative estimate of drug-likeness (QED) is 0.775. The Bertz CT molecular complexity index is 501. The summed E-state index contributed by atoms with van der Waals surface area (Å²) in [6, 6.07) is 4.56. The maximum atomic E-state index is 12.1. The van der Waals surface area contributed by atoms with Gasteiger partial charge in [-0.2, -0.15) is 0 Å². The van der Waals surface area contributed by atoms with Crippen LogP contribution in [0.3, 0.4) is 0 Å².